The van der Waals surface area contributed by atoms with Gasteiger partial charge >= 0.3 is 5.97 Å². The van der Waals surface area contributed by atoms with E-state index in [1.54, 1.807) is 0 Å². The summed E-state index contributed by atoms with van der Waals surface area (Å²) < 4.78 is 5.32. The predicted octanol–water partition coefficient (Wildman–Crippen LogP) is 7.36. The van der Waals surface area contributed by atoms with Crippen LogP contribution in [-0.4, -0.2) is 22.3 Å². The number of hydrogen-bond acceptors (Lipinski definition) is 3. The van der Waals surface area contributed by atoms with Crippen molar-refractivity contribution in [1.29, 1.82) is 0 Å². The lowest BCUT2D eigenvalue weighted by atomic mass is 9.83. The van der Waals surface area contributed by atoms with Crippen molar-refractivity contribution in [3.8, 4) is 0 Å². The molecule has 0 aromatic heterocycles. The fourth-order valence-electron chi connectivity index (χ4n) is 3.41. The predicted molar refractivity (Wildman–Crippen MR) is 120 cm³/mol. The zero-order valence-electron chi connectivity index (χ0n) is 19.7. The normalized spacial score (nSPS) is 13.8. The molecule has 0 aromatic carbocycles. The fourth-order valence-corrected chi connectivity index (χ4v) is 3.41. The molecule has 0 spiro atoms. The largest absolute Gasteiger partial charge is 0.460 e. The third-order valence-corrected chi connectivity index (χ3v) is 5.16. The van der Waals surface area contributed by atoms with Crippen molar-refractivity contribution in [3.63, 3.8) is 0 Å². The molecule has 0 saturated heterocycles. The third-order valence-electron chi connectivity index (χ3n) is 5.16. The highest BCUT2D eigenvalue weighted by Crippen LogP contribution is 2.26. The Morgan fingerprint density at radius 2 is 1.50 bits per heavy atom. The first-order chi connectivity index (χ1) is 13.1. The molecule has 1 N–H and O–H groups in total. The quantitative estimate of drug-likeness (QED) is 0.168. The number of carbonyl (C=O) groups excluding carboxylic acids is 1. The first-order valence-corrected chi connectivity index (χ1v) is 11.7. The molecule has 0 saturated carbocycles. The summed E-state index contributed by atoms with van der Waals surface area (Å²) in [6, 6.07) is 0. The summed E-state index contributed by atoms with van der Waals surface area (Å²) in [6.45, 7) is 11.9. The van der Waals surface area contributed by atoms with E-state index < -0.39 is 5.60 Å². The molecule has 3 nitrogen and oxygen atoms in total. The van der Waals surface area contributed by atoms with Crippen molar-refractivity contribution >= 4 is 5.97 Å². The Morgan fingerprint density at radius 1 is 0.893 bits per heavy atom. The molecule has 1 atom stereocenters. The van der Waals surface area contributed by atoms with E-state index >= 15 is 0 Å². The van der Waals surface area contributed by atoms with Gasteiger partial charge in [0.2, 0.25) is 0 Å². The van der Waals surface area contributed by atoms with E-state index in [2.05, 4.69) is 19.1 Å². The van der Waals surface area contributed by atoms with Gasteiger partial charge in [-0.2, -0.15) is 0 Å². The van der Waals surface area contributed by atoms with E-state index in [9.17, 15) is 9.90 Å². The van der Waals surface area contributed by atoms with Gasteiger partial charge in [0.25, 0.3) is 0 Å². The van der Waals surface area contributed by atoms with Gasteiger partial charge in [-0.3, -0.25) is 4.79 Å². The second kappa shape index (κ2) is 15.1. The molecule has 0 rings (SSSR count). The number of esters is 1. The zero-order valence-corrected chi connectivity index (χ0v) is 19.7. The van der Waals surface area contributed by atoms with E-state index in [0.29, 0.717) is 12.3 Å². The fraction of sp³-hybridized carbons (Fsp3) is 0.880. The van der Waals surface area contributed by atoms with Crippen LogP contribution in [0.25, 0.3) is 0 Å². The maximum atomic E-state index is 11.6. The van der Waals surface area contributed by atoms with Gasteiger partial charge in [-0.05, 0) is 72.6 Å². The van der Waals surface area contributed by atoms with Crippen molar-refractivity contribution in [2.45, 2.75) is 136 Å². The lowest BCUT2D eigenvalue weighted by molar-refractivity contribution is -0.154. The second-order valence-corrected chi connectivity index (χ2v) is 9.80. The van der Waals surface area contributed by atoms with E-state index in [4.69, 9.17) is 4.74 Å². The van der Waals surface area contributed by atoms with Crippen molar-refractivity contribution in [2.75, 3.05) is 0 Å². The molecule has 166 valence electrons. The summed E-state index contributed by atoms with van der Waals surface area (Å²) in [5.74, 6) is 0.278. The Balaban J connectivity index is 3.77. The molecule has 0 aliphatic heterocycles. The molecule has 0 aliphatic carbocycles. The third kappa shape index (κ3) is 17.3. The van der Waals surface area contributed by atoms with Crippen molar-refractivity contribution in [1.82, 2.24) is 0 Å². The monoisotopic (exact) mass is 396 g/mol. The number of carbonyl (C=O) groups is 1. The summed E-state index contributed by atoms with van der Waals surface area (Å²) in [6.07, 6.45) is 19.0. The van der Waals surface area contributed by atoms with E-state index in [1.807, 2.05) is 34.6 Å². The molecule has 28 heavy (non-hydrogen) atoms. The van der Waals surface area contributed by atoms with Crippen LogP contribution < -0.4 is 0 Å². The number of rotatable bonds is 16. The Hall–Kier alpha value is -0.830. The Kier molecular flexibility index (Phi) is 14.6. The average molecular weight is 397 g/mol. The molecule has 0 radical (unpaired) electrons. The number of aliphatic hydroxyl groups is 1. The van der Waals surface area contributed by atoms with E-state index in [1.165, 1.54) is 44.9 Å². The van der Waals surface area contributed by atoms with Crippen molar-refractivity contribution in [2.24, 2.45) is 5.92 Å². The topological polar surface area (TPSA) is 46.5 Å². The van der Waals surface area contributed by atoms with Crippen LogP contribution in [0.4, 0.5) is 0 Å². The SMILES string of the molecule is CCCCCCC(C/C=C\CCCCCCCC(=O)OC(C)(C)C)C(C)(C)O. The molecular formula is C25H48O3. The molecule has 3 heteroatoms. The molecule has 0 bridgehead atoms. The highest BCUT2D eigenvalue weighted by atomic mass is 16.6. The van der Waals surface area contributed by atoms with Gasteiger partial charge in [-0.1, -0.05) is 64.0 Å². The molecule has 0 heterocycles. The van der Waals surface area contributed by atoms with Gasteiger partial charge in [0.1, 0.15) is 5.60 Å². The summed E-state index contributed by atoms with van der Waals surface area (Å²) in [4.78, 5) is 11.6. The number of allylic oxidation sites excluding steroid dienone is 2. The maximum absolute atomic E-state index is 11.6. The molecule has 0 aromatic rings. The Bertz CT molecular complexity index is 412. The van der Waals surface area contributed by atoms with Crippen LogP contribution in [0.5, 0.6) is 0 Å². The highest BCUT2D eigenvalue weighted by Gasteiger charge is 2.24. The van der Waals surface area contributed by atoms with Gasteiger partial charge in [0.15, 0.2) is 0 Å². The lowest BCUT2D eigenvalue weighted by Crippen LogP contribution is -2.30. The van der Waals surface area contributed by atoms with Crippen LogP contribution in [0.2, 0.25) is 0 Å². The van der Waals surface area contributed by atoms with Crippen LogP contribution >= 0.6 is 0 Å². The van der Waals surface area contributed by atoms with Crippen LogP contribution in [0, 0.1) is 5.92 Å². The minimum absolute atomic E-state index is 0.0773. The van der Waals surface area contributed by atoms with Crippen molar-refractivity contribution in [3.05, 3.63) is 12.2 Å². The van der Waals surface area contributed by atoms with Crippen LogP contribution in [0.15, 0.2) is 12.2 Å². The zero-order chi connectivity index (χ0) is 21.5. The van der Waals surface area contributed by atoms with E-state index in [0.717, 1.165) is 32.1 Å². The molecule has 1 unspecified atom stereocenters. The average Bonchev–Trinajstić information content (AvgIpc) is 2.55. The minimum Gasteiger partial charge on any atom is -0.460 e. The Labute approximate surface area is 175 Å². The summed E-state index contributed by atoms with van der Waals surface area (Å²) >= 11 is 0. The summed E-state index contributed by atoms with van der Waals surface area (Å²) in [5, 5.41) is 10.4. The number of unbranched alkanes of at least 4 members (excludes halogenated alkanes) is 8. The van der Waals surface area contributed by atoms with Gasteiger partial charge in [0.05, 0.1) is 5.60 Å². The molecule has 0 aliphatic rings. The highest BCUT2D eigenvalue weighted by molar-refractivity contribution is 5.69. The van der Waals surface area contributed by atoms with E-state index in [-0.39, 0.29) is 11.6 Å². The molecule has 0 fully saturated rings. The van der Waals surface area contributed by atoms with Gasteiger partial charge in [0, 0.05) is 6.42 Å². The molecule has 0 amide bonds. The van der Waals surface area contributed by atoms with Crippen LogP contribution in [0.3, 0.4) is 0 Å². The maximum Gasteiger partial charge on any atom is 0.306 e. The minimum atomic E-state index is -0.593. The van der Waals surface area contributed by atoms with Crippen LogP contribution in [0.1, 0.15) is 125 Å². The number of ether oxygens (including phenoxy) is 1. The lowest BCUT2D eigenvalue weighted by Gasteiger charge is -2.28. The Morgan fingerprint density at radius 3 is 2.11 bits per heavy atom. The first-order valence-electron chi connectivity index (χ1n) is 11.7. The van der Waals surface area contributed by atoms with Gasteiger partial charge < -0.3 is 9.84 Å². The second-order valence-electron chi connectivity index (χ2n) is 9.80. The molecular weight excluding hydrogens is 348 g/mol. The van der Waals surface area contributed by atoms with Crippen LogP contribution in [-0.2, 0) is 9.53 Å². The van der Waals surface area contributed by atoms with Gasteiger partial charge in [-0.15, -0.1) is 0 Å². The summed E-state index contributed by atoms with van der Waals surface area (Å²) in [7, 11) is 0. The summed E-state index contributed by atoms with van der Waals surface area (Å²) in [5.41, 5.74) is -0.964. The van der Waals surface area contributed by atoms with Gasteiger partial charge in [-0.25, -0.2) is 0 Å². The standard InChI is InChI=1S/C25H48O3/c1-7-8-9-16-19-22(25(5,6)27)20-17-14-12-10-11-13-15-18-21-23(26)28-24(2,3)4/h14,17,22,27H,7-13,15-16,18-21H2,1-6H3/b17-14-. The smallest absolute Gasteiger partial charge is 0.306 e. The number of hydrogen-bond donors (Lipinski definition) is 1. The first kappa shape index (κ1) is 27.2. The van der Waals surface area contributed by atoms with Crippen molar-refractivity contribution < 1.29 is 14.6 Å².